The molecule has 1 aromatic heterocycles. The fourth-order valence-corrected chi connectivity index (χ4v) is 2.47. The zero-order valence-electron chi connectivity index (χ0n) is 13.1. The molecule has 7 heteroatoms. The molecule has 2 rings (SSSR count). The second-order valence-electron chi connectivity index (χ2n) is 5.66. The molecule has 1 aromatic rings. The third-order valence-corrected chi connectivity index (χ3v) is 3.85. The van der Waals surface area contributed by atoms with Crippen molar-refractivity contribution in [2.75, 3.05) is 45.7 Å². The lowest BCUT2D eigenvalue weighted by atomic mass is 10.2. The van der Waals surface area contributed by atoms with Crippen molar-refractivity contribution >= 4 is 23.3 Å². The van der Waals surface area contributed by atoms with Crippen molar-refractivity contribution in [2.24, 2.45) is 0 Å². The summed E-state index contributed by atoms with van der Waals surface area (Å²) in [5, 5.41) is 3.12. The zero-order valence-corrected chi connectivity index (χ0v) is 13.8. The summed E-state index contributed by atoms with van der Waals surface area (Å²) in [5.41, 5.74) is 0.524. The van der Waals surface area contributed by atoms with Crippen molar-refractivity contribution in [1.29, 1.82) is 0 Å². The maximum absolute atomic E-state index is 12.5. The molecule has 0 saturated carbocycles. The smallest absolute Gasteiger partial charge is 0.322 e. The molecule has 0 bridgehead atoms. The van der Waals surface area contributed by atoms with Crippen molar-refractivity contribution in [3.05, 3.63) is 23.5 Å². The van der Waals surface area contributed by atoms with Gasteiger partial charge in [0, 0.05) is 32.4 Å². The summed E-state index contributed by atoms with van der Waals surface area (Å²) in [6.45, 7) is 2.80. The number of nitrogens with zero attached hydrogens (tertiary/aromatic N) is 3. The van der Waals surface area contributed by atoms with E-state index in [2.05, 4.69) is 10.3 Å². The standard InChI is InChI=1S/C15H23ClN4O2/c1-19(2)8-9-20(11-12-5-4-10-22-12)15(21)18-13-6-3-7-17-14(13)16/h3,6-7,12H,4-5,8-11H2,1-2H3,(H,18,21). The first-order valence-corrected chi connectivity index (χ1v) is 7.87. The lowest BCUT2D eigenvalue weighted by Crippen LogP contribution is -2.43. The highest BCUT2D eigenvalue weighted by molar-refractivity contribution is 6.32. The van der Waals surface area contributed by atoms with Crippen LogP contribution in [-0.2, 0) is 4.74 Å². The van der Waals surface area contributed by atoms with Gasteiger partial charge in [0.1, 0.15) is 0 Å². The molecule has 1 unspecified atom stereocenters. The largest absolute Gasteiger partial charge is 0.376 e. The van der Waals surface area contributed by atoms with Crippen LogP contribution in [0, 0.1) is 0 Å². The fourth-order valence-electron chi connectivity index (χ4n) is 2.30. The van der Waals surface area contributed by atoms with Gasteiger partial charge in [-0.15, -0.1) is 0 Å². The summed E-state index contributed by atoms with van der Waals surface area (Å²) in [7, 11) is 3.97. The minimum absolute atomic E-state index is 0.122. The minimum Gasteiger partial charge on any atom is -0.376 e. The summed E-state index contributed by atoms with van der Waals surface area (Å²) in [6.07, 6.45) is 3.77. The SMILES string of the molecule is CN(C)CCN(CC1CCCO1)C(=O)Nc1cccnc1Cl. The Labute approximate surface area is 136 Å². The molecule has 1 fully saturated rings. The number of hydrogen-bond acceptors (Lipinski definition) is 4. The highest BCUT2D eigenvalue weighted by Crippen LogP contribution is 2.19. The molecule has 122 valence electrons. The van der Waals surface area contributed by atoms with Crippen LogP contribution in [0.3, 0.4) is 0 Å². The van der Waals surface area contributed by atoms with Crippen molar-refractivity contribution < 1.29 is 9.53 Å². The van der Waals surface area contributed by atoms with E-state index in [-0.39, 0.29) is 12.1 Å². The van der Waals surface area contributed by atoms with E-state index in [0.29, 0.717) is 23.9 Å². The number of urea groups is 1. The highest BCUT2D eigenvalue weighted by Gasteiger charge is 2.23. The van der Waals surface area contributed by atoms with Crippen LogP contribution in [-0.4, -0.2) is 67.3 Å². The Hall–Kier alpha value is -1.37. The number of nitrogens with one attached hydrogen (secondary N) is 1. The van der Waals surface area contributed by atoms with Gasteiger partial charge in [-0.1, -0.05) is 11.6 Å². The molecule has 2 heterocycles. The van der Waals surface area contributed by atoms with Crippen LogP contribution in [0.5, 0.6) is 0 Å². The lowest BCUT2D eigenvalue weighted by Gasteiger charge is -2.27. The average Bonchev–Trinajstić information content (AvgIpc) is 2.98. The number of likely N-dealkylation sites (N-methyl/N-ethyl adjacent to an activating group) is 1. The summed E-state index contributed by atoms with van der Waals surface area (Å²) in [5.74, 6) is 0. The van der Waals surface area contributed by atoms with E-state index >= 15 is 0 Å². The van der Waals surface area contributed by atoms with Crippen molar-refractivity contribution in [3.8, 4) is 0 Å². The van der Waals surface area contributed by atoms with Gasteiger partial charge in [-0.25, -0.2) is 9.78 Å². The molecule has 0 aliphatic carbocycles. The van der Waals surface area contributed by atoms with Crippen molar-refractivity contribution in [2.45, 2.75) is 18.9 Å². The number of halogens is 1. The second kappa shape index (κ2) is 8.31. The maximum Gasteiger partial charge on any atom is 0.322 e. The van der Waals surface area contributed by atoms with Gasteiger partial charge in [-0.3, -0.25) is 0 Å². The van der Waals surface area contributed by atoms with Gasteiger partial charge in [-0.2, -0.15) is 0 Å². The van der Waals surface area contributed by atoms with Gasteiger partial charge >= 0.3 is 6.03 Å². The van der Waals surface area contributed by atoms with Crippen LogP contribution < -0.4 is 5.32 Å². The number of carbonyl (C=O) groups is 1. The molecule has 22 heavy (non-hydrogen) atoms. The van der Waals surface area contributed by atoms with E-state index in [1.165, 1.54) is 0 Å². The molecule has 1 atom stereocenters. The molecule has 1 saturated heterocycles. The topological polar surface area (TPSA) is 57.7 Å². The predicted octanol–water partition coefficient (Wildman–Crippen LogP) is 2.31. The number of pyridine rings is 1. The van der Waals surface area contributed by atoms with Crippen LogP contribution in [0.4, 0.5) is 10.5 Å². The van der Waals surface area contributed by atoms with Gasteiger partial charge < -0.3 is 19.9 Å². The number of hydrogen-bond donors (Lipinski definition) is 1. The van der Waals surface area contributed by atoms with Crippen molar-refractivity contribution in [3.63, 3.8) is 0 Å². The molecule has 1 N–H and O–H groups in total. The van der Waals surface area contributed by atoms with Crippen LogP contribution in [0.1, 0.15) is 12.8 Å². The van der Waals surface area contributed by atoms with E-state index in [1.54, 1.807) is 23.2 Å². The van der Waals surface area contributed by atoms with E-state index in [0.717, 1.165) is 26.0 Å². The Morgan fingerprint density at radius 1 is 1.50 bits per heavy atom. The maximum atomic E-state index is 12.5. The predicted molar refractivity (Wildman–Crippen MR) is 87.4 cm³/mol. The number of anilines is 1. The Morgan fingerprint density at radius 3 is 2.95 bits per heavy atom. The number of ether oxygens (including phenoxy) is 1. The molecule has 0 radical (unpaired) electrons. The molecular formula is C15H23ClN4O2. The molecule has 2 amide bonds. The molecule has 1 aliphatic heterocycles. The van der Waals surface area contributed by atoms with Crippen molar-refractivity contribution in [1.82, 2.24) is 14.8 Å². The molecule has 0 aromatic carbocycles. The van der Waals surface area contributed by atoms with Crippen LogP contribution in [0.25, 0.3) is 0 Å². The highest BCUT2D eigenvalue weighted by atomic mass is 35.5. The monoisotopic (exact) mass is 326 g/mol. The average molecular weight is 327 g/mol. The zero-order chi connectivity index (χ0) is 15.9. The minimum atomic E-state index is -0.174. The van der Waals surface area contributed by atoms with Gasteiger partial charge in [0.05, 0.1) is 11.8 Å². The number of aromatic nitrogens is 1. The number of amides is 2. The Balaban J connectivity index is 1.99. The van der Waals surface area contributed by atoms with Gasteiger partial charge in [0.25, 0.3) is 0 Å². The molecule has 0 spiro atoms. The first kappa shape index (κ1) is 17.0. The van der Waals surface area contributed by atoms with Gasteiger partial charge in [-0.05, 0) is 39.1 Å². The summed E-state index contributed by atoms with van der Waals surface area (Å²) in [4.78, 5) is 20.3. The van der Waals surface area contributed by atoms with Crippen LogP contribution in [0.2, 0.25) is 5.15 Å². The summed E-state index contributed by atoms with van der Waals surface area (Å²) in [6, 6.07) is 3.31. The normalized spacial score (nSPS) is 17.7. The first-order chi connectivity index (χ1) is 10.6. The van der Waals surface area contributed by atoms with Gasteiger partial charge in [0.2, 0.25) is 0 Å². The lowest BCUT2D eigenvalue weighted by molar-refractivity contribution is 0.0820. The second-order valence-corrected chi connectivity index (χ2v) is 6.01. The Bertz CT molecular complexity index is 492. The Morgan fingerprint density at radius 2 is 2.32 bits per heavy atom. The van der Waals surface area contributed by atoms with Crippen LogP contribution in [0.15, 0.2) is 18.3 Å². The Kier molecular flexibility index (Phi) is 6.42. The number of rotatable bonds is 6. The first-order valence-electron chi connectivity index (χ1n) is 7.49. The molecule has 6 nitrogen and oxygen atoms in total. The molecular weight excluding hydrogens is 304 g/mol. The third-order valence-electron chi connectivity index (χ3n) is 3.55. The van der Waals surface area contributed by atoms with E-state index in [4.69, 9.17) is 16.3 Å². The third kappa shape index (κ3) is 5.12. The summed E-state index contributed by atoms with van der Waals surface area (Å²) >= 11 is 5.99. The fraction of sp³-hybridized carbons (Fsp3) is 0.600. The quantitative estimate of drug-likeness (QED) is 0.815. The molecule has 1 aliphatic rings. The van der Waals surface area contributed by atoms with E-state index in [9.17, 15) is 4.79 Å². The van der Waals surface area contributed by atoms with Crippen LogP contribution >= 0.6 is 11.6 Å². The van der Waals surface area contributed by atoms with E-state index in [1.807, 2.05) is 19.0 Å². The summed E-state index contributed by atoms with van der Waals surface area (Å²) < 4.78 is 5.64. The number of carbonyl (C=O) groups excluding carboxylic acids is 1. The van der Waals surface area contributed by atoms with E-state index < -0.39 is 0 Å². The van der Waals surface area contributed by atoms with Gasteiger partial charge in [0.15, 0.2) is 5.15 Å².